The summed E-state index contributed by atoms with van der Waals surface area (Å²) in [4.78, 5) is 24.9. The molecule has 0 bridgehead atoms. The van der Waals surface area contributed by atoms with Crippen molar-refractivity contribution in [2.24, 2.45) is 5.92 Å². The summed E-state index contributed by atoms with van der Waals surface area (Å²) >= 11 is 0. The lowest BCUT2D eigenvalue weighted by molar-refractivity contribution is -0.140. The fraction of sp³-hybridized carbons (Fsp3) is 0.857. The lowest BCUT2D eigenvalue weighted by Gasteiger charge is -2.24. The number of carbonyl (C=O) groups is 2. The first-order chi connectivity index (χ1) is 9.41. The zero-order valence-corrected chi connectivity index (χ0v) is 12.7. The Bertz CT molecular complexity index is 328. The Balaban J connectivity index is 2.23. The highest BCUT2D eigenvalue weighted by Crippen LogP contribution is 2.21. The Kier molecular flexibility index (Phi) is 6.78. The molecule has 116 valence electrons. The molecule has 0 aromatic heterocycles. The number of carboxylic acids is 1. The fourth-order valence-corrected chi connectivity index (χ4v) is 2.58. The maximum Gasteiger partial charge on any atom is 0.326 e. The van der Waals surface area contributed by atoms with E-state index in [2.05, 4.69) is 22.6 Å². The van der Waals surface area contributed by atoms with Gasteiger partial charge in [-0.1, -0.05) is 26.7 Å². The minimum absolute atomic E-state index is 0.139. The van der Waals surface area contributed by atoms with Crippen molar-refractivity contribution < 1.29 is 14.7 Å². The van der Waals surface area contributed by atoms with Crippen LogP contribution in [-0.2, 0) is 4.79 Å². The van der Waals surface area contributed by atoms with Gasteiger partial charge in [-0.05, 0) is 25.8 Å². The van der Waals surface area contributed by atoms with Gasteiger partial charge >= 0.3 is 12.0 Å². The first kappa shape index (κ1) is 16.8. The predicted octanol–water partition coefficient (Wildman–Crippen LogP) is 1.27. The van der Waals surface area contributed by atoms with Gasteiger partial charge in [-0.15, -0.1) is 0 Å². The van der Waals surface area contributed by atoms with Crippen LogP contribution in [0.25, 0.3) is 0 Å². The Hall–Kier alpha value is -1.30. The van der Waals surface area contributed by atoms with Crippen molar-refractivity contribution in [2.75, 3.05) is 20.1 Å². The molecule has 6 heteroatoms. The molecular weight excluding hydrogens is 258 g/mol. The van der Waals surface area contributed by atoms with E-state index in [-0.39, 0.29) is 5.92 Å². The Labute approximate surface area is 120 Å². The highest BCUT2D eigenvalue weighted by Gasteiger charge is 2.23. The van der Waals surface area contributed by atoms with Crippen molar-refractivity contribution in [3.8, 4) is 0 Å². The standard InChI is InChI=1S/C14H27N3O3/c1-10(2)12(13(18)19)16-14(20)15-8-9-17(3)11-6-4-5-7-11/h10-12H,4-9H2,1-3H3,(H,18,19)(H2,15,16,20). The number of rotatable bonds is 7. The van der Waals surface area contributed by atoms with Crippen molar-refractivity contribution in [2.45, 2.75) is 51.6 Å². The highest BCUT2D eigenvalue weighted by atomic mass is 16.4. The fourth-order valence-electron chi connectivity index (χ4n) is 2.58. The molecule has 1 rings (SSSR count). The number of urea groups is 1. The number of hydrogen-bond acceptors (Lipinski definition) is 3. The van der Waals surface area contributed by atoms with Gasteiger partial charge in [0.1, 0.15) is 6.04 Å². The monoisotopic (exact) mass is 285 g/mol. The Morgan fingerprint density at radius 2 is 1.90 bits per heavy atom. The topological polar surface area (TPSA) is 81.7 Å². The van der Waals surface area contributed by atoms with Crippen LogP contribution in [0.5, 0.6) is 0 Å². The van der Waals surface area contributed by atoms with E-state index in [1.165, 1.54) is 25.7 Å². The molecule has 0 aliphatic heterocycles. The zero-order valence-electron chi connectivity index (χ0n) is 12.7. The number of carbonyl (C=O) groups excluding carboxylic acids is 1. The first-order valence-electron chi connectivity index (χ1n) is 7.39. The molecule has 1 atom stereocenters. The number of likely N-dealkylation sites (N-methyl/N-ethyl adjacent to an activating group) is 1. The van der Waals surface area contributed by atoms with Gasteiger partial charge < -0.3 is 20.6 Å². The van der Waals surface area contributed by atoms with Crippen molar-refractivity contribution in [3.63, 3.8) is 0 Å². The average molecular weight is 285 g/mol. The SMILES string of the molecule is CC(C)C(NC(=O)NCCN(C)C1CCCC1)C(=O)O. The third-order valence-electron chi connectivity index (χ3n) is 3.92. The van der Waals surface area contributed by atoms with Crippen LogP contribution in [0, 0.1) is 5.92 Å². The molecule has 6 nitrogen and oxygen atoms in total. The van der Waals surface area contributed by atoms with E-state index in [1.807, 2.05) is 0 Å². The maximum atomic E-state index is 11.7. The van der Waals surface area contributed by atoms with Crippen LogP contribution in [0.15, 0.2) is 0 Å². The van der Waals surface area contributed by atoms with Crippen LogP contribution >= 0.6 is 0 Å². The number of amides is 2. The summed E-state index contributed by atoms with van der Waals surface area (Å²) in [6.07, 6.45) is 5.05. The summed E-state index contributed by atoms with van der Waals surface area (Å²) < 4.78 is 0. The van der Waals surface area contributed by atoms with E-state index in [9.17, 15) is 9.59 Å². The molecule has 1 fully saturated rings. The number of nitrogens with one attached hydrogen (secondary N) is 2. The largest absolute Gasteiger partial charge is 0.480 e. The van der Waals surface area contributed by atoms with E-state index in [4.69, 9.17) is 5.11 Å². The lowest BCUT2D eigenvalue weighted by atomic mass is 10.1. The van der Waals surface area contributed by atoms with E-state index in [1.54, 1.807) is 13.8 Å². The van der Waals surface area contributed by atoms with Gasteiger partial charge in [0.15, 0.2) is 0 Å². The number of carboxylic acid groups (broad SMARTS) is 1. The summed E-state index contributed by atoms with van der Waals surface area (Å²) in [7, 11) is 2.07. The molecule has 1 unspecified atom stereocenters. The maximum absolute atomic E-state index is 11.7. The Morgan fingerprint density at radius 3 is 2.40 bits per heavy atom. The van der Waals surface area contributed by atoms with Gasteiger partial charge in [0.2, 0.25) is 0 Å². The summed E-state index contributed by atoms with van der Waals surface area (Å²) in [5.74, 6) is -1.14. The zero-order chi connectivity index (χ0) is 15.1. The lowest BCUT2D eigenvalue weighted by Crippen LogP contribution is -2.49. The third-order valence-corrected chi connectivity index (χ3v) is 3.92. The van der Waals surface area contributed by atoms with Crippen molar-refractivity contribution in [3.05, 3.63) is 0 Å². The number of aliphatic carboxylic acids is 1. The Morgan fingerprint density at radius 1 is 1.30 bits per heavy atom. The second-order valence-corrected chi connectivity index (χ2v) is 5.88. The molecule has 20 heavy (non-hydrogen) atoms. The molecule has 0 spiro atoms. The van der Waals surface area contributed by atoms with Gasteiger partial charge in [0.05, 0.1) is 0 Å². The number of hydrogen-bond donors (Lipinski definition) is 3. The molecule has 0 heterocycles. The quantitative estimate of drug-likeness (QED) is 0.658. The minimum Gasteiger partial charge on any atom is -0.480 e. The van der Waals surface area contributed by atoms with E-state index < -0.39 is 18.0 Å². The van der Waals surface area contributed by atoms with Gasteiger partial charge in [0.25, 0.3) is 0 Å². The normalized spacial score (nSPS) is 17.4. The summed E-state index contributed by atoms with van der Waals surface area (Å²) in [5.41, 5.74) is 0. The van der Waals surface area contributed by atoms with Crippen LogP contribution in [-0.4, -0.2) is 54.2 Å². The summed E-state index contributed by atoms with van der Waals surface area (Å²) in [5, 5.41) is 14.2. The van der Waals surface area contributed by atoms with E-state index in [0.717, 1.165) is 6.54 Å². The first-order valence-corrected chi connectivity index (χ1v) is 7.39. The van der Waals surface area contributed by atoms with Crippen LogP contribution in [0.3, 0.4) is 0 Å². The van der Waals surface area contributed by atoms with Gasteiger partial charge in [-0.2, -0.15) is 0 Å². The van der Waals surface area contributed by atoms with Crippen molar-refractivity contribution in [1.82, 2.24) is 15.5 Å². The highest BCUT2D eigenvalue weighted by molar-refractivity contribution is 5.82. The van der Waals surface area contributed by atoms with Crippen LogP contribution < -0.4 is 10.6 Å². The van der Waals surface area contributed by atoms with Crippen molar-refractivity contribution >= 4 is 12.0 Å². The molecular formula is C14H27N3O3. The molecule has 1 saturated carbocycles. The molecule has 0 aromatic rings. The molecule has 0 saturated heterocycles. The average Bonchev–Trinajstić information content (AvgIpc) is 2.88. The van der Waals surface area contributed by atoms with Crippen molar-refractivity contribution in [1.29, 1.82) is 0 Å². The van der Waals surface area contributed by atoms with Gasteiger partial charge in [0, 0.05) is 19.1 Å². The third kappa shape index (κ3) is 5.36. The predicted molar refractivity (Wildman–Crippen MR) is 77.7 cm³/mol. The van der Waals surface area contributed by atoms with Crippen LogP contribution in [0.1, 0.15) is 39.5 Å². The minimum atomic E-state index is -1.00. The number of nitrogens with zero attached hydrogens (tertiary/aromatic N) is 1. The van der Waals surface area contributed by atoms with Crippen LogP contribution in [0.4, 0.5) is 4.79 Å². The van der Waals surface area contributed by atoms with Crippen LogP contribution in [0.2, 0.25) is 0 Å². The summed E-state index contributed by atoms with van der Waals surface area (Å²) in [6, 6.07) is -0.629. The smallest absolute Gasteiger partial charge is 0.326 e. The molecule has 2 amide bonds. The second-order valence-electron chi connectivity index (χ2n) is 5.88. The van der Waals surface area contributed by atoms with Gasteiger partial charge in [-0.25, -0.2) is 9.59 Å². The van der Waals surface area contributed by atoms with E-state index in [0.29, 0.717) is 12.6 Å². The second kappa shape index (κ2) is 8.09. The van der Waals surface area contributed by atoms with E-state index >= 15 is 0 Å². The molecule has 3 N–H and O–H groups in total. The summed E-state index contributed by atoms with van der Waals surface area (Å²) in [6.45, 7) is 4.86. The molecule has 1 aliphatic carbocycles. The van der Waals surface area contributed by atoms with Gasteiger partial charge in [-0.3, -0.25) is 0 Å². The molecule has 1 aliphatic rings. The molecule has 0 radical (unpaired) electrons. The molecule has 0 aromatic carbocycles.